The van der Waals surface area contributed by atoms with Crippen LogP contribution in [0.5, 0.6) is 0 Å². The Kier molecular flexibility index (Phi) is 4.97. The van der Waals surface area contributed by atoms with Gasteiger partial charge in [0.05, 0.1) is 6.10 Å². The second kappa shape index (κ2) is 6.07. The summed E-state index contributed by atoms with van der Waals surface area (Å²) in [5.74, 6) is 0. The number of nitrogens with one attached hydrogen (secondary N) is 1. The predicted octanol–water partition coefficient (Wildman–Crippen LogP) is 1.39. The maximum Gasteiger partial charge on any atom is 0.106 e. The minimum absolute atomic E-state index is 0.163. The molecule has 1 aromatic rings. The highest BCUT2D eigenvalue weighted by Gasteiger charge is 1.99. The molecule has 4 heteroatoms. The van der Waals surface area contributed by atoms with Gasteiger partial charge in [0, 0.05) is 18.1 Å². The van der Waals surface area contributed by atoms with E-state index in [4.69, 9.17) is 0 Å². The lowest BCUT2D eigenvalue weighted by Crippen LogP contribution is -2.19. The first-order chi connectivity index (χ1) is 6.33. The van der Waals surface area contributed by atoms with Gasteiger partial charge in [-0.3, -0.25) is 0 Å². The van der Waals surface area contributed by atoms with Gasteiger partial charge < -0.3 is 10.4 Å². The zero-order valence-electron chi connectivity index (χ0n) is 7.86. The maximum absolute atomic E-state index is 9.26. The Bertz CT molecular complexity index is 213. The van der Waals surface area contributed by atoms with E-state index in [-0.39, 0.29) is 6.10 Å². The van der Waals surface area contributed by atoms with Crippen molar-refractivity contribution in [2.75, 3.05) is 6.54 Å². The minimum Gasteiger partial charge on any atom is -0.393 e. The molecule has 1 atom stereocenters. The van der Waals surface area contributed by atoms with Crippen LogP contribution in [0.25, 0.3) is 0 Å². The van der Waals surface area contributed by atoms with Crippen molar-refractivity contribution in [1.82, 2.24) is 10.3 Å². The van der Waals surface area contributed by atoms with Crippen molar-refractivity contribution >= 4 is 11.3 Å². The van der Waals surface area contributed by atoms with Crippen molar-refractivity contribution in [3.05, 3.63) is 16.6 Å². The van der Waals surface area contributed by atoms with E-state index >= 15 is 0 Å². The molecular formula is C9H16N2OS. The van der Waals surface area contributed by atoms with Crippen LogP contribution in [0.3, 0.4) is 0 Å². The first kappa shape index (κ1) is 10.6. The van der Waals surface area contributed by atoms with E-state index in [0.717, 1.165) is 30.9 Å². The summed E-state index contributed by atoms with van der Waals surface area (Å²) >= 11 is 1.65. The van der Waals surface area contributed by atoms with Crippen LogP contribution in [-0.2, 0) is 6.54 Å². The normalized spacial score (nSPS) is 13.1. The molecule has 1 aromatic heterocycles. The molecule has 0 aliphatic rings. The van der Waals surface area contributed by atoms with Gasteiger partial charge in [-0.2, -0.15) is 0 Å². The van der Waals surface area contributed by atoms with Crippen molar-refractivity contribution < 1.29 is 5.11 Å². The molecule has 0 aliphatic carbocycles. The Morgan fingerprint density at radius 2 is 2.54 bits per heavy atom. The van der Waals surface area contributed by atoms with Gasteiger partial charge in [0.15, 0.2) is 0 Å². The third-order valence-electron chi connectivity index (χ3n) is 1.89. The molecule has 0 aromatic carbocycles. The molecule has 74 valence electrons. The van der Waals surface area contributed by atoms with E-state index in [1.54, 1.807) is 11.3 Å². The van der Waals surface area contributed by atoms with E-state index in [2.05, 4.69) is 10.3 Å². The molecule has 0 amide bonds. The van der Waals surface area contributed by atoms with Crippen LogP contribution in [-0.4, -0.2) is 22.7 Å². The Morgan fingerprint density at radius 3 is 3.15 bits per heavy atom. The fourth-order valence-electron chi connectivity index (χ4n) is 1.01. The smallest absolute Gasteiger partial charge is 0.106 e. The van der Waals surface area contributed by atoms with Crippen molar-refractivity contribution in [3.8, 4) is 0 Å². The second-order valence-corrected chi connectivity index (χ2v) is 3.93. The van der Waals surface area contributed by atoms with Crippen LogP contribution in [0, 0.1) is 0 Å². The third-order valence-corrected chi connectivity index (χ3v) is 2.66. The standard InChI is InChI=1S/C9H16N2OS/c1-2-8(12)3-4-10-7-9-11-5-6-13-9/h5-6,8,10,12H,2-4,7H2,1H3. The minimum atomic E-state index is -0.163. The summed E-state index contributed by atoms with van der Waals surface area (Å²) in [6, 6.07) is 0. The molecule has 3 nitrogen and oxygen atoms in total. The molecule has 0 aliphatic heterocycles. The summed E-state index contributed by atoms with van der Waals surface area (Å²) in [4.78, 5) is 4.15. The molecule has 0 radical (unpaired) electrons. The summed E-state index contributed by atoms with van der Waals surface area (Å²) in [7, 11) is 0. The van der Waals surface area contributed by atoms with Gasteiger partial charge in [-0.1, -0.05) is 6.92 Å². The lowest BCUT2D eigenvalue weighted by molar-refractivity contribution is 0.159. The first-order valence-corrected chi connectivity index (χ1v) is 5.48. The van der Waals surface area contributed by atoms with Crippen LogP contribution in [0.15, 0.2) is 11.6 Å². The van der Waals surface area contributed by atoms with Crippen LogP contribution < -0.4 is 5.32 Å². The van der Waals surface area contributed by atoms with E-state index < -0.39 is 0 Å². The summed E-state index contributed by atoms with van der Waals surface area (Å²) in [5, 5.41) is 15.6. The number of aliphatic hydroxyl groups is 1. The molecule has 0 spiro atoms. The molecule has 1 unspecified atom stereocenters. The number of hydrogen-bond donors (Lipinski definition) is 2. The first-order valence-electron chi connectivity index (χ1n) is 4.60. The Balaban J connectivity index is 2.02. The quantitative estimate of drug-likeness (QED) is 0.682. The van der Waals surface area contributed by atoms with E-state index in [0.29, 0.717) is 0 Å². The van der Waals surface area contributed by atoms with Crippen molar-refractivity contribution in [1.29, 1.82) is 0 Å². The average molecular weight is 200 g/mol. The number of aliphatic hydroxyl groups excluding tert-OH is 1. The zero-order valence-corrected chi connectivity index (χ0v) is 8.68. The lowest BCUT2D eigenvalue weighted by Gasteiger charge is -2.07. The summed E-state index contributed by atoms with van der Waals surface area (Å²) < 4.78 is 0. The number of thiazole rings is 1. The predicted molar refractivity (Wildman–Crippen MR) is 54.7 cm³/mol. The molecule has 2 N–H and O–H groups in total. The highest BCUT2D eigenvalue weighted by molar-refractivity contribution is 7.09. The number of hydrogen-bond acceptors (Lipinski definition) is 4. The van der Waals surface area contributed by atoms with Gasteiger partial charge in [-0.25, -0.2) is 4.98 Å². The molecule has 13 heavy (non-hydrogen) atoms. The van der Waals surface area contributed by atoms with Gasteiger partial charge >= 0.3 is 0 Å². The number of rotatable bonds is 6. The Hall–Kier alpha value is -0.450. The third kappa shape index (κ3) is 4.36. The monoisotopic (exact) mass is 200 g/mol. The largest absolute Gasteiger partial charge is 0.393 e. The summed E-state index contributed by atoms with van der Waals surface area (Å²) in [6.07, 6.45) is 3.30. The van der Waals surface area contributed by atoms with Crippen molar-refractivity contribution in [2.45, 2.75) is 32.4 Å². The fourth-order valence-corrected chi connectivity index (χ4v) is 1.59. The van der Waals surface area contributed by atoms with Crippen molar-refractivity contribution in [3.63, 3.8) is 0 Å². The van der Waals surface area contributed by atoms with Crippen molar-refractivity contribution in [2.24, 2.45) is 0 Å². The summed E-state index contributed by atoms with van der Waals surface area (Å²) in [6.45, 7) is 3.66. The topological polar surface area (TPSA) is 45.1 Å². The summed E-state index contributed by atoms with van der Waals surface area (Å²) in [5.41, 5.74) is 0. The van der Waals surface area contributed by atoms with Gasteiger partial charge in [0.25, 0.3) is 0 Å². The molecule has 0 saturated carbocycles. The number of nitrogens with zero attached hydrogens (tertiary/aromatic N) is 1. The van der Waals surface area contributed by atoms with Gasteiger partial charge in [-0.05, 0) is 19.4 Å². The van der Waals surface area contributed by atoms with E-state index in [1.165, 1.54) is 0 Å². The van der Waals surface area contributed by atoms with Gasteiger partial charge in [0.2, 0.25) is 0 Å². The highest BCUT2D eigenvalue weighted by atomic mass is 32.1. The van der Waals surface area contributed by atoms with E-state index in [1.807, 2.05) is 18.5 Å². The van der Waals surface area contributed by atoms with Gasteiger partial charge in [-0.15, -0.1) is 11.3 Å². The zero-order chi connectivity index (χ0) is 9.52. The fraction of sp³-hybridized carbons (Fsp3) is 0.667. The second-order valence-electron chi connectivity index (χ2n) is 2.95. The average Bonchev–Trinajstić information content (AvgIpc) is 2.64. The highest BCUT2D eigenvalue weighted by Crippen LogP contribution is 2.02. The Labute approximate surface area is 82.8 Å². The van der Waals surface area contributed by atoms with Crippen LogP contribution >= 0.6 is 11.3 Å². The Morgan fingerprint density at radius 1 is 1.69 bits per heavy atom. The van der Waals surface area contributed by atoms with Crippen LogP contribution in [0.2, 0.25) is 0 Å². The molecule has 0 fully saturated rings. The van der Waals surface area contributed by atoms with Crippen LogP contribution in [0.1, 0.15) is 24.8 Å². The van der Waals surface area contributed by atoms with E-state index in [9.17, 15) is 5.11 Å². The molecule has 0 saturated heterocycles. The SMILES string of the molecule is CCC(O)CCNCc1nccs1. The number of aromatic nitrogens is 1. The lowest BCUT2D eigenvalue weighted by atomic mass is 10.2. The molecule has 0 bridgehead atoms. The van der Waals surface area contributed by atoms with Gasteiger partial charge in [0.1, 0.15) is 5.01 Å². The molecule has 1 rings (SSSR count). The molecule has 1 heterocycles. The molecular weight excluding hydrogens is 184 g/mol. The maximum atomic E-state index is 9.26. The van der Waals surface area contributed by atoms with Crippen LogP contribution in [0.4, 0.5) is 0 Å².